The van der Waals surface area contributed by atoms with Crippen LogP contribution in [0, 0.1) is 0 Å². The second-order valence-electron chi connectivity index (χ2n) is 6.92. The Morgan fingerprint density at radius 3 is 2.12 bits per heavy atom. The zero-order valence-corrected chi connectivity index (χ0v) is 19.0. The fraction of sp³-hybridized carbons (Fsp3) is 0.0909. The maximum Gasteiger partial charge on any atom is 0.416 e. The largest absolute Gasteiger partial charge is 0.416 e. The van der Waals surface area contributed by atoms with E-state index in [2.05, 4.69) is 15.8 Å². The molecule has 2 amide bonds. The number of hydrazone groups is 1. The van der Waals surface area contributed by atoms with Crippen LogP contribution in [0.4, 0.5) is 23.7 Å². The van der Waals surface area contributed by atoms with Gasteiger partial charge in [0.2, 0.25) is 0 Å². The first-order chi connectivity index (χ1) is 15.9. The molecule has 0 aromatic heterocycles. The van der Waals surface area contributed by atoms with Crippen LogP contribution in [0.3, 0.4) is 0 Å². The molecule has 0 atom stereocenters. The summed E-state index contributed by atoms with van der Waals surface area (Å²) in [6.45, 7) is 0. The van der Waals surface area contributed by atoms with Crippen LogP contribution in [0.2, 0.25) is 5.02 Å². The molecular formula is C22H17ClF3N3O4S. The van der Waals surface area contributed by atoms with Gasteiger partial charge >= 0.3 is 22.3 Å². The van der Waals surface area contributed by atoms with Gasteiger partial charge in [-0.25, -0.2) is 10.2 Å². The fourth-order valence-corrected chi connectivity index (χ4v) is 3.37. The van der Waals surface area contributed by atoms with Crippen molar-refractivity contribution in [3.8, 4) is 5.75 Å². The minimum Gasteiger partial charge on any atom is -0.383 e. The van der Waals surface area contributed by atoms with E-state index in [1.807, 2.05) is 0 Å². The highest BCUT2D eigenvalue weighted by molar-refractivity contribution is 7.86. The number of nitrogens with one attached hydrogen (secondary N) is 2. The van der Waals surface area contributed by atoms with E-state index in [1.54, 1.807) is 24.3 Å². The van der Waals surface area contributed by atoms with Crippen LogP contribution in [0.15, 0.2) is 77.9 Å². The topological polar surface area (TPSA) is 96.9 Å². The second kappa shape index (κ2) is 10.1. The molecule has 0 heterocycles. The predicted molar refractivity (Wildman–Crippen MR) is 123 cm³/mol. The average molecular weight is 512 g/mol. The number of urea groups is 1. The minimum atomic E-state index is -4.55. The first-order valence-electron chi connectivity index (χ1n) is 9.48. The number of alkyl halides is 3. The van der Waals surface area contributed by atoms with Crippen LogP contribution in [0.5, 0.6) is 5.75 Å². The van der Waals surface area contributed by atoms with E-state index < -0.39 is 27.9 Å². The Morgan fingerprint density at radius 1 is 0.971 bits per heavy atom. The molecule has 3 aromatic rings. The normalized spacial score (nSPS) is 12.2. The number of nitrogens with zero attached hydrogens (tertiary/aromatic N) is 1. The zero-order chi connectivity index (χ0) is 24.9. The van der Waals surface area contributed by atoms with E-state index in [0.717, 1.165) is 18.4 Å². The van der Waals surface area contributed by atoms with E-state index >= 15 is 0 Å². The third-order valence-corrected chi connectivity index (χ3v) is 4.96. The highest BCUT2D eigenvalue weighted by atomic mass is 35.5. The number of anilines is 1. The first kappa shape index (κ1) is 25.1. The molecule has 34 heavy (non-hydrogen) atoms. The van der Waals surface area contributed by atoms with Crippen LogP contribution in [-0.2, 0) is 16.3 Å². The standard InChI is InChI=1S/C22H17ClF3N3O4S/c1-34(31,32)33-19-11-7-15(8-12-19)20(14-5-9-17(23)10-6-14)28-29-21(30)27-18-4-2-3-16(13-18)22(24,25)26/h2-13H,1H3,(H2,27,29,30)/b28-20+. The van der Waals surface area contributed by atoms with E-state index in [4.69, 9.17) is 15.8 Å². The number of halogens is 4. The number of amides is 2. The van der Waals surface area contributed by atoms with Gasteiger partial charge in [0.25, 0.3) is 0 Å². The molecular weight excluding hydrogens is 495 g/mol. The number of hydrogen-bond donors (Lipinski definition) is 2. The molecule has 178 valence electrons. The molecule has 0 spiro atoms. The third-order valence-electron chi connectivity index (χ3n) is 4.21. The molecule has 0 aliphatic carbocycles. The Kier molecular flexibility index (Phi) is 7.48. The summed E-state index contributed by atoms with van der Waals surface area (Å²) in [5.41, 5.74) is 2.59. The van der Waals surface area contributed by atoms with Crippen molar-refractivity contribution in [3.05, 3.63) is 94.5 Å². The monoisotopic (exact) mass is 511 g/mol. The molecule has 0 aliphatic rings. The van der Waals surface area contributed by atoms with Crippen molar-refractivity contribution in [1.82, 2.24) is 5.43 Å². The summed E-state index contributed by atoms with van der Waals surface area (Å²) >= 11 is 5.93. The molecule has 0 saturated carbocycles. The van der Waals surface area contributed by atoms with E-state index in [0.29, 0.717) is 16.1 Å². The summed E-state index contributed by atoms with van der Waals surface area (Å²) in [6.07, 6.45) is -3.64. The highest BCUT2D eigenvalue weighted by Gasteiger charge is 2.30. The van der Waals surface area contributed by atoms with Gasteiger partial charge in [0.05, 0.1) is 17.5 Å². The van der Waals surface area contributed by atoms with Crippen molar-refractivity contribution in [2.24, 2.45) is 5.10 Å². The van der Waals surface area contributed by atoms with Gasteiger partial charge in [-0.1, -0.05) is 29.8 Å². The summed E-state index contributed by atoms with van der Waals surface area (Å²) in [6, 6.07) is 15.7. The molecule has 0 aliphatic heterocycles. The minimum absolute atomic E-state index is 0.0714. The van der Waals surface area contributed by atoms with Gasteiger partial charge < -0.3 is 9.50 Å². The SMILES string of the molecule is CS(=O)(=O)Oc1ccc(/C(=N/NC(=O)Nc2cccc(C(F)(F)F)c2)c2ccc(Cl)cc2)cc1. The molecule has 0 saturated heterocycles. The van der Waals surface area contributed by atoms with Crippen molar-refractivity contribution in [2.75, 3.05) is 11.6 Å². The summed E-state index contributed by atoms with van der Waals surface area (Å²) in [4.78, 5) is 12.3. The summed E-state index contributed by atoms with van der Waals surface area (Å²) in [5, 5.41) is 6.86. The zero-order valence-electron chi connectivity index (χ0n) is 17.4. The lowest BCUT2D eigenvalue weighted by molar-refractivity contribution is -0.137. The molecule has 2 N–H and O–H groups in total. The Morgan fingerprint density at radius 2 is 1.56 bits per heavy atom. The van der Waals surface area contributed by atoms with E-state index in [1.165, 1.54) is 36.4 Å². The quantitative estimate of drug-likeness (QED) is 0.267. The molecule has 0 fully saturated rings. The lowest BCUT2D eigenvalue weighted by Gasteiger charge is -2.11. The van der Waals surface area contributed by atoms with E-state index in [-0.39, 0.29) is 17.1 Å². The number of carbonyl (C=O) groups is 1. The number of hydrogen-bond acceptors (Lipinski definition) is 5. The van der Waals surface area contributed by atoms with Gasteiger partial charge in [0.1, 0.15) is 5.75 Å². The highest BCUT2D eigenvalue weighted by Crippen LogP contribution is 2.30. The van der Waals surface area contributed by atoms with Gasteiger partial charge in [-0.05, 0) is 54.6 Å². The molecule has 3 rings (SSSR count). The second-order valence-corrected chi connectivity index (χ2v) is 8.93. The van der Waals surface area contributed by atoms with Gasteiger partial charge in [0, 0.05) is 21.8 Å². The van der Waals surface area contributed by atoms with Crippen LogP contribution in [0.25, 0.3) is 0 Å². The fourth-order valence-electron chi connectivity index (χ4n) is 2.79. The molecule has 12 heteroatoms. The summed E-state index contributed by atoms with van der Waals surface area (Å²) in [7, 11) is -3.71. The summed E-state index contributed by atoms with van der Waals surface area (Å²) < 4.78 is 66.1. The molecule has 7 nitrogen and oxygen atoms in total. The van der Waals surface area contributed by atoms with Crippen molar-refractivity contribution < 1.29 is 30.6 Å². The third kappa shape index (κ3) is 7.22. The Balaban J connectivity index is 1.85. The lowest BCUT2D eigenvalue weighted by atomic mass is 10.0. The first-order valence-corrected chi connectivity index (χ1v) is 11.7. The summed E-state index contributed by atoms with van der Waals surface area (Å²) in [5.74, 6) is 0.0805. The smallest absolute Gasteiger partial charge is 0.383 e. The van der Waals surface area contributed by atoms with Crippen molar-refractivity contribution in [2.45, 2.75) is 6.18 Å². The molecule has 0 radical (unpaired) electrons. The van der Waals surface area contributed by atoms with E-state index in [9.17, 15) is 26.4 Å². The Labute approximate surface area is 198 Å². The molecule has 3 aromatic carbocycles. The van der Waals surface area contributed by atoms with Crippen LogP contribution in [-0.4, -0.2) is 26.4 Å². The number of benzene rings is 3. The molecule has 0 unspecified atom stereocenters. The van der Waals surface area contributed by atoms with Crippen molar-refractivity contribution in [1.29, 1.82) is 0 Å². The van der Waals surface area contributed by atoms with Crippen LogP contribution < -0.4 is 14.9 Å². The van der Waals surface area contributed by atoms with Gasteiger partial charge in [-0.15, -0.1) is 0 Å². The van der Waals surface area contributed by atoms with Crippen LogP contribution in [0.1, 0.15) is 16.7 Å². The van der Waals surface area contributed by atoms with Gasteiger partial charge in [-0.2, -0.15) is 26.7 Å². The van der Waals surface area contributed by atoms with Gasteiger partial charge in [0.15, 0.2) is 0 Å². The van der Waals surface area contributed by atoms with Crippen molar-refractivity contribution in [3.63, 3.8) is 0 Å². The van der Waals surface area contributed by atoms with Crippen LogP contribution >= 0.6 is 11.6 Å². The predicted octanol–water partition coefficient (Wildman–Crippen LogP) is 5.27. The van der Waals surface area contributed by atoms with Crippen molar-refractivity contribution >= 4 is 39.1 Å². The Bertz CT molecular complexity index is 1310. The maximum atomic E-state index is 12.9. The Hall–Kier alpha value is -3.57. The van der Waals surface area contributed by atoms with Gasteiger partial charge in [-0.3, -0.25) is 0 Å². The average Bonchev–Trinajstić information content (AvgIpc) is 2.75. The maximum absolute atomic E-state index is 12.9. The molecule has 0 bridgehead atoms. The lowest BCUT2D eigenvalue weighted by Crippen LogP contribution is -2.26. The number of carbonyl (C=O) groups excluding carboxylic acids is 1. The number of rotatable bonds is 6.